The molecule has 1 aromatic heterocycles. The van der Waals surface area contributed by atoms with Gasteiger partial charge in [0.15, 0.2) is 0 Å². The molecular weight excluding hydrogens is 189 g/mol. The first kappa shape index (κ1) is 12.1. The normalized spacial score (nSPS) is 11.5. The second-order valence-electron chi connectivity index (χ2n) is 1.80. The van der Waals surface area contributed by atoms with E-state index in [-0.39, 0.29) is 34.5 Å². The van der Waals surface area contributed by atoms with Gasteiger partial charge in [-0.1, -0.05) is 0 Å². The van der Waals surface area contributed by atoms with Crippen LogP contribution in [-0.4, -0.2) is 20.9 Å². The first-order valence-corrected chi connectivity index (χ1v) is 3.90. The van der Waals surface area contributed by atoms with Crippen molar-refractivity contribution in [2.45, 2.75) is 4.90 Å². The summed E-state index contributed by atoms with van der Waals surface area (Å²) < 4.78 is 25.5. The van der Waals surface area contributed by atoms with Gasteiger partial charge >= 0.3 is 29.6 Å². The minimum absolute atomic E-state index is 0. The molecule has 12 heavy (non-hydrogen) atoms. The van der Waals surface area contributed by atoms with Crippen molar-refractivity contribution < 1.29 is 43.1 Å². The zero-order chi connectivity index (χ0) is 8.27. The number of pyridine rings is 1. The molecule has 0 radical (unpaired) electrons. The van der Waals surface area contributed by atoms with Crippen LogP contribution < -0.4 is 34.3 Å². The Balaban J connectivity index is 0.00000121. The molecule has 6 heteroatoms. The zero-order valence-corrected chi connectivity index (χ0v) is 9.63. The van der Waals surface area contributed by atoms with Crippen LogP contribution in [0.2, 0.25) is 0 Å². The van der Waals surface area contributed by atoms with Gasteiger partial charge in [0.05, 0.1) is 13.3 Å². The van der Waals surface area contributed by atoms with Gasteiger partial charge in [-0.25, -0.2) is 0 Å². The second-order valence-corrected chi connectivity index (χ2v) is 2.74. The fourth-order valence-corrected chi connectivity index (χ4v) is 0.961. The third kappa shape index (κ3) is 3.20. The molecule has 0 aliphatic carbocycles. The van der Waals surface area contributed by atoms with E-state index in [1.165, 1.54) is 25.6 Å². The SMILES string of the molecule is COc1cncc(S(=O)[O-])c1.[Na+]. The fraction of sp³-hybridized carbons (Fsp3) is 0.167. The van der Waals surface area contributed by atoms with E-state index in [0.29, 0.717) is 5.75 Å². The summed E-state index contributed by atoms with van der Waals surface area (Å²) in [4.78, 5) is 3.79. The first-order chi connectivity index (χ1) is 5.24. The molecule has 1 rings (SSSR count). The predicted octanol–water partition coefficient (Wildman–Crippen LogP) is -2.67. The summed E-state index contributed by atoms with van der Waals surface area (Å²) in [5, 5.41) is 0. The monoisotopic (exact) mass is 195 g/mol. The maximum atomic E-state index is 10.4. The van der Waals surface area contributed by atoms with Crippen molar-refractivity contribution in [3.8, 4) is 5.75 Å². The largest absolute Gasteiger partial charge is 1.00 e. The third-order valence-corrected chi connectivity index (χ3v) is 1.72. The van der Waals surface area contributed by atoms with E-state index in [9.17, 15) is 8.76 Å². The summed E-state index contributed by atoms with van der Waals surface area (Å²) in [6, 6.07) is 1.40. The van der Waals surface area contributed by atoms with Crippen molar-refractivity contribution in [1.82, 2.24) is 4.98 Å². The molecule has 1 aromatic rings. The number of methoxy groups -OCH3 is 1. The van der Waals surface area contributed by atoms with Crippen LogP contribution in [-0.2, 0) is 11.1 Å². The maximum Gasteiger partial charge on any atom is 1.00 e. The van der Waals surface area contributed by atoms with Crippen LogP contribution in [0.1, 0.15) is 0 Å². The van der Waals surface area contributed by atoms with Crippen molar-refractivity contribution in [3.05, 3.63) is 18.5 Å². The van der Waals surface area contributed by atoms with Gasteiger partial charge in [-0.2, -0.15) is 0 Å². The molecule has 0 N–H and O–H groups in total. The van der Waals surface area contributed by atoms with Crippen molar-refractivity contribution >= 4 is 11.1 Å². The molecule has 0 saturated carbocycles. The molecule has 0 amide bonds. The van der Waals surface area contributed by atoms with E-state index in [0.717, 1.165) is 0 Å². The summed E-state index contributed by atoms with van der Waals surface area (Å²) in [6.45, 7) is 0. The van der Waals surface area contributed by atoms with Crippen LogP contribution in [0, 0.1) is 0 Å². The summed E-state index contributed by atoms with van der Waals surface area (Å²) in [6.07, 6.45) is 2.70. The Morgan fingerprint density at radius 2 is 2.25 bits per heavy atom. The molecule has 0 aromatic carbocycles. The Morgan fingerprint density at radius 3 is 2.75 bits per heavy atom. The Bertz CT molecular complexity index is 281. The topological polar surface area (TPSA) is 62.2 Å². The quantitative estimate of drug-likeness (QED) is 0.381. The average molecular weight is 195 g/mol. The Labute approximate surface area is 94.9 Å². The first-order valence-electron chi connectivity index (χ1n) is 2.82. The van der Waals surface area contributed by atoms with Crippen molar-refractivity contribution in [2.75, 3.05) is 7.11 Å². The van der Waals surface area contributed by atoms with Gasteiger partial charge in [-0.05, 0) is 17.1 Å². The molecule has 4 nitrogen and oxygen atoms in total. The molecule has 1 heterocycles. The predicted molar refractivity (Wildman–Crippen MR) is 38.0 cm³/mol. The molecule has 0 bridgehead atoms. The van der Waals surface area contributed by atoms with E-state index >= 15 is 0 Å². The number of hydrogen-bond acceptors (Lipinski definition) is 4. The van der Waals surface area contributed by atoms with Crippen LogP contribution >= 0.6 is 0 Å². The van der Waals surface area contributed by atoms with Crippen molar-refractivity contribution in [3.63, 3.8) is 0 Å². The second kappa shape index (κ2) is 5.66. The molecule has 0 fully saturated rings. The zero-order valence-electron chi connectivity index (χ0n) is 6.81. The molecule has 0 aliphatic heterocycles. The van der Waals surface area contributed by atoms with Gasteiger partial charge in [-0.3, -0.25) is 9.19 Å². The molecule has 0 saturated heterocycles. The summed E-state index contributed by atoms with van der Waals surface area (Å²) in [7, 11) is 1.45. The Morgan fingerprint density at radius 1 is 1.58 bits per heavy atom. The van der Waals surface area contributed by atoms with E-state index in [1.54, 1.807) is 0 Å². The Kier molecular flexibility index (Phi) is 5.69. The number of rotatable bonds is 2. The fourth-order valence-electron chi connectivity index (χ4n) is 0.602. The van der Waals surface area contributed by atoms with Crippen molar-refractivity contribution in [1.29, 1.82) is 0 Å². The minimum Gasteiger partial charge on any atom is -0.768 e. The van der Waals surface area contributed by atoms with Crippen LogP contribution in [0.5, 0.6) is 5.75 Å². The summed E-state index contributed by atoms with van der Waals surface area (Å²) >= 11 is -2.23. The van der Waals surface area contributed by atoms with Crippen LogP contribution in [0.3, 0.4) is 0 Å². The van der Waals surface area contributed by atoms with Crippen LogP contribution in [0.15, 0.2) is 23.4 Å². The van der Waals surface area contributed by atoms with Gasteiger partial charge in [-0.15, -0.1) is 0 Å². The Hall–Kier alpha value is 0.0600. The minimum atomic E-state index is -2.23. The maximum absolute atomic E-state index is 10.4. The molecule has 0 spiro atoms. The van der Waals surface area contributed by atoms with Crippen LogP contribution in [0.25, 0.3) is 0 Å². The average Bonchev–Trinajstić information content (AvgIpc) is 2.05. The van der Waals surface area contributed by atoms with E-state index in [1.807, 2.05) is 0 Å². The molecular formula is C6H6NNaO3S. The number of ether oxygens (including phenoxy) is 1. The van der Waals surface area contributed by atoms with E-state index in [2.05, 4.69) is 4.98 Å². The smallest absolute Gasteiger partial charge is 0.768 e. The van der Waals surface area contributed by atoms with Gasteiger partial charge in [0.25, 0.3) is 0 Å². The standard InChI is InChI=1S/C6H7NO3S.Na/c1-10-5-2-6(11(8)9)4-7-3-5;/h2-4H,1H3,(H,8,9);/q;+1/p-1. The van der Waals surface area contributed by atoms with Gasteiger partial charge in [0, 0.05) is 11.1 Å². The van der Waals surface area contributed by atoms with Crippen LogP contribution in [0.4, 0.5) is 0 Å². The summed E-state index contributed by atoms with van der Waals surface area (Å²) in [5.74, 6) is 0.437. The van der Waals surface area contributed by atoms with Crippen molar-refractivity contribution in [2.24, 2.45) is 0 Å². The molecule has 1 atom stereocenters. The van der Waals surface area contributed by atoms with E-state index < -0.39 is 11.1 Å². The molecule has 60 valence electrons. The van der Waals surface area contributed by atoms with Gasteiger partial charge < -0.3 is 9.29 Å². The number of nitrogens with zero attached hydrogens (tertiary/aromatic N) is 1. The number of hydrogen-bond donors (Lipinski definition) is 0. The third-order valence-electron chi connectivity index (χ3n) is 1.12. The molecule has 1 unspecified atom stereocenters. The van der Waals surface area contributed by atoms with Gasteiger partial charge in [0.1, 0.15) is 5.75 Å². The summed E-state index contributed by atoms with van der Waals surface area (Å²) in [5.41, 5.74) is 0. The number of aromatic nitrogens is 1. The van der Waals surface area contributed by atoms with E-state index in [4.69, 9.17) is 4.74 Å². The van der Waals surface area contributed by atoms with Gasteiger partial charge in [0.2, 0.25) is 0 Å². The molecule has 0 aliphatic rings.